The van der Waals surface area contributed by atoms with E-state index in [0.29, 0.717) is 35.0 Å². The number of benzene rings is 2. The minimum absolute atomic E-state index is 0.176. The average Bonchev–Trinajstić information content (AvgIpc) is 3.17. The number of thioether (sulfide) groups is 1. The van der Waals surface area contributed by atoms with Crippen LogP contribution < -0.4 is 10.9 Å². The molecule has 0 saturated heterocycles. The van der Waals surface area contributed by atoms with Crippen molar-refractivity contribution >= 4 is 29.1 Å². The van der Waals surface area contributed by atoms with Crippen LogP contribution in [-0.4, -0.2) is 25.1 Å². The third-order valence-corrected chi connectivity index (χ3v) is 5.67. The van der Waals surface area contributed by atoms with Crippen LogP contribution in [-0.2, 0) is 12.3 Å². The van der Waals surface area contributed by atoms with Gasteiger partial charge in [-0.3, -0.25) is 14.3 Å². The van der Waals surface area contributed by atoms with Crippen LogP contribution in [0.3, 0.4) is 0 Å². The largest absolute Gasteiger partial charge is 0.321 e. The van der Waals surface area contributed by atoms with Crippen molar-refractivity contribution in [3.8, 4) is 0 Å². The Morgan fingerprint density at radius 2 is 1.94 bits per heavy atom. The zero-order chi connectivity index (χ0) is 21.8. The Balaban J connectivity index is 1.51. The first-order chi connectivity index (χ1) is 15.0. The fourth-order valence-electron chi connectivity index (χ4n) is 3.11. The molecular weight excluding hydrogens is 417 g/mol. The van der Waals surface area contributed by atoms with Crippen molar-refractivity contribution in [2.75, 3.05) is 5.32 Å². The number of carbonyl (C=O) groups excluding carboxylic acids is 1. The van der Waals surface area contributed by atoms with Crippen LogP contribution in [0.25, 0.3) is 5.78 Å². The van der Waals surface area contributed by atoms with Gasteiger partial charge < -0.3 is 5.32 Å². The number of aromatic nitrogens is 4. The van der Waals surface area contributed by atoms with Crippen LogP contribution in [0, 0.1) is 5.82 Å². The fourth-order valence-corrected chi connectivity index (χ4v) is 4.01. The van der Waals surface area contributed by atoms with E-state index in [1.165, 1.54) is 46.6 Å². The van der Waals surface area contributed by atoms with Gasteiger partial charge in [-0.15, -0.1) is 11.8 Å². The monoisotopic (exact) mass is 437 g/mol. The molecule has 9 heteroatoms. The number of nitrogens with zero attached hydrogens (tertiary/aromatic N) is 4. The van der Waals surface area contributed by atoms with Gasteiger partial charge in [0.15, 0.2) is 0 Å². The highest BCUT2D eigenvalue weighted by Gasteiger charge is 2.12. The predicted molar refractivity (Wildman–Crippen MR) is 118 cm³/mol. The lowest BCUT2D eigenvalue weighted by Gasteiger charge is -2.11. The number of para-hydroxylation sites is 1. The highest BCUT2D eigenvalue weighted by molar-refractivity contribution is 7.98. The summed E-state index contributed by atoms with van der Waals surface area (Å²) in [4.78, 5) is 34.6. The number of amides is 1. The Morgan fingerprint density at radius 3 is 2.71 bits per heavy atom. The highest BCUT2D eigenvalue weighted by Crippen LogP contribution is 2.29. The molecule has 1 amide bonds. The van der Waals surface area contributed by atoms with E-state index < -0.39 is 5.82 Å². The molecule has 0 aliphatic heterocycles. The SMILES string of the molecule is CCCn1cnc2nc(CSc3ccccc3NC(=O)c3ccc(F)cc3)cc(=O)n21. The molecule has 0 spiro atoms. The van der Waals surface area contributed by atoms with Crippen molar-refractivity contribution in [3.63, 3.8) is 0 Å². The number of rotatable bonds is 7. The minimum Gasteiger partial charge on any atom is -0.321 e. The highest BCUT2D eigenvalue weighted by atomic mass is 32.2. The van der Waals surface area contributed by atoms with Gasteiger partial charge in [0.25, 0.3) is 17.2 Å². The Labute approximate surface area is 181 Å². The molecule has 31 heavy (non-hydrogen) atoms. The first-order valence-corrected chi connectivity index (χ1v) is 10.8. The first-order valence-electron chi connectivity index (χ1n) is 9.78. The molecule has 4 aromatic rings. The van der Waals surface area contributed by atoms with Crippen molar-refractivity contribution < 1.29 is 9.18 Å². The number of aryl methyl sites for hydroxylation is 1. The summed E-state index contributed by atoms with van der Waals surface area (Å²) in [5.74, 6) is 0.0877. The maximum Gasteiger partial charge on any atom is 0.274 e. The normalized spacial score (nSPS) is 11.0. The second-order valence-electron chi connectivity index (χ2n) is 6.85. The number of halogens is 1. The van der Waals surface area contributed by atoms with Crippen LogP contribution in [0.4, 0.5) is 10.1 Å². The van der Waals surface area contributed by atoms with Crippen molar-refractivity contribution in [1.29, 1.82) is 0 Å². The summed E-state index contributed by atoms with van der Waals surface area (Å²) in [6.45, 7) is 2.72. The lowest BCUT2D eigenvalue weighted by molar-refractivity contribution is 0.102. The van der Waals surface area contributed by atoms with Crippen molar-refractivity contribution in [3.05, 3.63) is 88.4 Å². The Hall–Kier alpha value is -3.46. The maximum atomic E-state index is 13.1. The molecule has 0 radical (unpaired) electrons. The zero-order valence-electron chi connectivity index (χ0n) is 16.8. The number of carbonyl (C=O) groups is 1. The van der Waals surface area contributed by atoms with E-state index in [1.54, 1.807) is 17.1 Å². The number of hydrogen-bond donors (Lipinski definition) is 1. The van der Waals surface area contributed by atoms with Crippen LogP contribution in [0.15, 0.2) is 70.6 Å². The standard InChI is InChI=1S/C22H20FN5O2S/c1-2-11-27-14-24-22-25-17(12-20(29)28(22)27)13-31-19-6-4-3-5-18(19)26-21(30)15-7-9-16(23)10-8-15/h3-10,12,14H,2,11,13H2,1H3,(H,26,30). The summed E-state index contributed by atoms with van der Waals surface area (Å²) in [6.07, 6.45) is 2.50. The van der Waals surface area contributed by atoms with E-state index in [2.05, 4.69) is 15.3 Å². The molecule has 0 saturated carbocycles. The van der Waals surface area contributed by atoms with Crippen molar-refractivity contribution in [2.24, 2.45) is 0 Å². The van der Waals surface area contributed by atoms with Gasteiger partial charge in [0.1, 0.15) is 12.1 Å². The molecule has 0 bridgehead atoms. The lowest BCUT2D eigenvalue weighted by atomic mass is 10.2. The Kier molecular flexibility index (Phi) is 6.13. The van der Waals surface area contributed by atoms with Gasteiger partial charge in [-0.05, 0) is 42.8 Å². The predicted octanol–water partition coefficient (Wildman–Crippen LogP) is 3.98. The number of anilines is 1. The summed E-state index contributed by atoms with van der Waals surface area (Å²) in [5, 5.41) is 2.86. The second kappa shape index (κ2) is 9.13. The molecule has 0 fully saturated rings. The molecule has 2 aromatic heterocycles. The molecule has 2 heterocycles. The molecule has 0 aliphatic carbocycles. The summed E-state index contributed by atoms with van der Waals surface area (Å²) in [7, 11) is 0. The Bertz CT molecular complexity index is 1280. The zero-order valence-corrected chi connectivity index (χ0v) is 17.6. The number of nitrogens with one attached hydrogen (secondary N) is 1. The third-order valence-electron chi connectivity index (χ3n) is 4.57. The molecule has 1 N–H and O–H groups in total. The maximum absolute atomic E-state index is 13.1. The van der Waals surface area contributed by atoms with Gasteiger partial charge >= 0.3 is 0 Å². The number of fused-ring (bicyclic) bond motifs is 1. The van der Waals surface area contributed by atoms with Gasteiger partial charge in [-0.2, -0.15) is 9.50 Å². The molecule has 2 aromatic carbocycles. The van der Waals surface area contributed by atoms with Gasteiger partial charge in [0, 0.05) is 28.8 Å². The van der Waals surface area contributed by atoms with Crippen LogP contribution in [0.1, 0.15) is 29.4 Å². The fraction of sp³-hybridized carbons (Fsp3) is 0.182. The lowest BCUT2D eigenvalue weighted by Crippen LogP contribution is -2.21. The van der Waals surface area contributed by atoms with E-state index in [4.69, 9.17) is 0 Å². The van der Waals surface area contributed by atoms with Gasteiger partial charge in [0.2, 0.25) is 0 Å². The summed E-state index contributed by atoms with van der Waals surface area (Å²) >= 11 is 1.45. The smallest absolute Gasteiger partial charge is 0.274 e. The van der Waals surface area contributed by atoms with Crippen LogP contribution in [0.5, 0.6) is 0 Å². The van der Waals surface area contributed by atoms with E-state index in [-0.39, 0.29) is 11.5 Å². The Morgan fingerprint density at radius 1 is 1.16 bits per heavy atom. The van der Waals surface area contributed by atoms with Crippen LogP contribution in [0.2, 0.25) is 0 Å². The van der Waals surface area contributed by atoms with Crippen molar-refractivity contribution in [2.45, 2.75) is 30.5 Å². The molecular formula is C22H20FN5O2S. The topological polar surface area (TPSA) is 81.3 Å². The molecule has 0 unspecified atom stereocenters. The van der Waals surface area contributed by atoms with E-state index in [1.807, 2.05) is 25.1 Å². The van der Waals surface area contributed by atoms with E-state index >= 15 is 0 Å². The number of hydrogen-bond acceptors (Lipinski definition) is 5. The van der Waals surface area contributed by atoms with Gasteiger partial charge in [-0.1, -0.05) is 19.1 Å². The quantitative estimate of drug-likeness (QED) is 0.442. The summed E-state index contributed by atoms with van der Waals surface area (Å²) in [5.41, 5.74) is 1.43. The van der Waals surface area contributed by atoms with E-state index in [9.17, 15) is 14.0 Å². The third kappa shape index (κ3) is 4.66. The summed E-state index contributed by atoms with van der Waals surface area (Å²) in [6, 6.07) is 14.2. The van der Waals surface area contributed by atoms with Gasteiger partial charge in [0.05, 0.1) is 11.4 Å². The van der Waals surface area contributed by atoms with Crippen LogP contribution >= 0.6 is 11.8 Å². The first kappa shape index (κ1) is 20.8. The summed E-state index contributed by atoms with van der Waals surface area (Å²) < 4.78 is 16.3. The molecule has 0 aliphatic rings. The van der Waals surface area contributed by atoms with Gasteiger partial charge in [-0.25, -0.2) is 9.37 Å². The molecule has 0 atom stereocenters. The molecule has 158 valence electrons. The second-order valence-corrected chi connectivity index (χ2v) is 7.87. The minimum atomic E-state index is -0.396. The average molecular weight is 438 g/mol. The van der Waals surface area contributed by atoms with Crippen molar-refractivity contribution in [1.82, 2.24) is 19.2 Å². The molecule has 7 nitrogen and oxygen atoms in total. The van der Waals surface area contributed by atoms with E-state index in [0.717, 1.165) is 11.3 Å². The molecule has 4 rings (SSSR count).